The first-order valence-electron chi connectivity index (χ1n) is 7.10. The first-order chi connectivity index (χ1) is 11.5. The predicted molar refractivity (Wildman–Crippen MR) is 93.8 cm³/mol. The molecular weight excluding hydrogens is 378 g/mol. The fourth-order valence-electron chi connectivity index (χ4n) is 2.09. The summed E-state index contributed by atoms with van der Waals surface area (Å²) in [7, 11) is 0. The van der Waals surface area contributed by atoms with Crippen LogP contribution in [0.25, 0.3) is 0 Å². The van der Waals surface area contributed by atoms with Crippen LogP contribution in [0.15, 0.2) is 53.1 Å². The highest BCUT2D eigenvalue weighted by Gasteiger charge is 2.10. The molecule has 122 valence electrons. The molecule has 2 aromatic carbocycles. The Morgan fingerprint density at radius 2 is 1.75 bits per heavy atom. The first-order valence-corrected chi connectivity index (χ1v) is 7.89. The van der Waals surface area contributed by atoms with Gasteiger partial charge in [-0.2, -0.15) is 4.98 Å². The standard InChI is InChI=1S/C17H13BrF2N4/c1-10-9-11(5-6-12(10)18)22-15-7-8-21-17(23-15)24-16-13(19)3-2-4-14(16)20/h2-9H,1H3,(H2,21,22,23,24). The van der Waals surface area contributed by atoms with Crippen LogP contribution in [-0.2, 0) is 0 Å². The molecule has 3 aromatic rings. The zero-order valence-electron chi connectivity index (χ0n) is 12.6. The molecule has 0 aliphatic carbocycles. The quantitative estimate of drug-likeness (QED) is 0.633. The normalized spacial score (nSPS) is 10.5. The van der Waals surface area contributed by atoms with E-state index in [1.165, 1.54) is 12.3 Å². The summed E-state index contributed by atoms with van der Waals surface area (Å²) >= 11 is 3.44. The molecule has 0 bridgehead atoms. The van der Waals surface area contributed by atoms with Gasteiger partial charge in [0.05, 0.1) is 0 Å². The summed E-state index contributed by atoms with van der Waals surface area (Å²) in [5, 5.41) is 5.70. The van der Waals surface area contributed by atoms with E-state index in [0.717, 1.165) is 27.9 Å². The van der Waals surface area contributed by atoms with E-state index in [-0.39, 0.29) is 11.6 Å². The number of aromatic nitrogens is 2. The molecule has 4 nitrogen and oxygen atoms in total. The van der Waals surface area contributed by atoms with Crippen LogP contribution >= 0.6 is 15.9 Å². The van der Waals surface area contributed by atoms with Crippen LogP contribution in [0.1, 0.15) is 5.56 Å². The van der Waals surface area contributed by atoms with E-state index < -0.39 is 11.6 Å². The van der Waals surface area contributed by atoms with Crippen molar-refractivity contribution in [2.24, 2.45) is 0 Å². The number of nitrogens with one attached hydrogen (secondary N) is 2. The first kappa shape index (κ1) is 16.3. The number of anilines is 4. The molecule has 2 N–H and O–H groups in total. The number of hydrogen-bond donors (Lipinski definition) is 2. The van der Waals surface area contributed by atoms with Crippen molar-refractivity contribution < 1.29 is 8.78 Å². The lowest BCUT2D eigenvalue weighted by Gasteiger charge is -2.10. The monoisotopic (exact) mass is 390 g/mol. The molecule has 0 saturated heterocycles. The molecule has 7 heteroatoms. The maximum absolute atomic E-state index is 13.7. The molecule has 1 heterocycles. The van der Waals surface area contributed by atoms with Crippen LogP contribution in [0.3, 0.4) is 0 Å². The lowest BCUT2D eigenvalue weighted by Crippen LogP contribution is -2.03. The number of halogens is 3. The third-order valence-corrected chi connectivity index (χ3v) is 4.18. The molecule has 0 unspecified atom stereocenters. The fraction of sp³-hybridized carbons (Fsp3) is 0.0588. The molecule has 24 heavy (non-hydrogen) atoms. The number of para-hydroxylation sites is 1. The average Bonchev–Trinajstić information content (AvgIpc) is 2.55. The van der Waals surface area contributed by atoms with Crippen molar-refractivity contribution in [3.8, 4) is 0 Å². The molecule has 0 aliphatic heterocycles. The number of nitrogens with zero attached hydrogens (tertiary/aromatic N) is 2. The van der Waals surface area contributed by atoms with E-state index in [4.69, 9.17) is 0 Å². The van der Waals surface area contributed by atoms with Gasteiger partial charge in [-0.25, -0.2) is 13.8 Å². The van der Waals surface area contributed by atoms with Crippen molar-refractivity contribution >= 4 is 39.1 Å². The molecule has 0 spiro atoms. The van der Waals surface area contributed by atoms with Crippen molar-refractivity contribution in [3.63, 3.8) is 0 Å². The van der Waals surface area contributed by atoms with Gasteiger partial charge >= 0.3 is 0 Å². The average molecular weight is 391 g/mol. The maximum Gasteiger partial charge on any atom is 0.229 e. The summed E-state index contributed by atoms with van der Waals surface area (Å²) < 4.78 is 28.4. The Morgan fingerprint density at radius 1 is 1.00 bits per heavy atom. The molecule has 0 radical (unpaired) electrons. The van der Waals surface area contributed by atoms with Gasteiger partial charge in [0.15, 0.2) is 0 Å². The van der Waals surface area contributed by atoms with Crippen LogP contribution in [0.2, 0.25) is 0 Å². The lowest BCUT2D eigenvalue weighted by atomic mass is 10.2. The molecule has 0 amide bonds. The summed E-state index contributed by atoms with van der Waals surface area (Å²) in [6.07, 6.45) is 1.50. The van der Waals surface area contributed by atoms with Gasteiger partial charge in [0.1, 0.15) is 23.1 Å². The Kier molecular flexibility index (Phi) is 4.71. The molecule has 0 atom stereocenters. The van der Waals surface area contributed by atoms with Crippen molar-refractivity contribution in [3.05, 3.63) is 70.3 Å². The SMILES string of the molecule is Cc1cc(Nc2ccnc(Nc3c(F)cccc3F)n2)ccc1Br. The molecule has 3 rings (SSSR count). The van der Waals surface area contributed by atoms with Gasteiger partial charge in [0.2, 0.25) is 5.95 Å². The van der Waals surface area contributed by atoms with Crippen molar-refractivity contribution in [1.82, 2.24) is 9.97 Å². The summed E-state index contributed by atoms with van der Waals surface area (Å²) in [6, 6.07) is 11.1. The predicted octanol–water partition coefficient (Wildman–Crippen LogP) is 5.31. The molecule has 1 aromatic heterocycles. The smallest absolute Gasteiger partial charge is 0.229 e. The highest BCUT2D eigenvalue weighted by molar-refractivity contribution is 9.10. The summed E-state index contributed by atoms with van der Waals surface area (Å²) in [4.78, 5) is 8.21. The number of aryl methyl sites for hydroxylation is 1. The molecular formula is C17H13BrF2N4. The highest BCUT2D eigenvalue weighted by atomic mass is 79.9. The molecule has 0 aliphatic rings. The minimum absolute atomic E-state index is 0.0952. The second-order valence-electron chi connectivity index (χ2n) is 5.08. The van der Waals surface area contributed by atoms with Gasteiger partial charge in [-0.15, -0.1) is 0 Å². The topological polar surface area (TPSA) is 49.8 Å². The van der Waals surface area contributed by atoms with Crippen LogP contribution in [0.5, 0.6) is 0 Å². The lowest BCUT2D eigenvalue weighted by molar-refractivity contribution is 0.590. The second-order valence-corrected chi connectivity index (χ2v) is 5.93. The third-order valence-electron chi connectivity index (χ3n) is 3.29. The Bertz CT molecular complexity index is 866. The van der Waals surface area contributed by atoms with Gasteiger partial charge in [-0.05, 0) is 48.9 Å². The third kappa shape index (κ3) is 3.68. The second kappa shape index (κ2) is 6.92. The maximum atomic E-state index is 13.7. The van der Waals surface area contributed by atoms with E-state index in [0.29, 0.717) is 5.82 Å². The van der Waals surface area contributed by atoms with Gasteiger partial charge in [0, 0.05) is 16.4 Å². The van der Waals surface area contributed by atoms with E-state index in [1.54, 1.807) is 6.07 Å². The summed E-state index contributed by atoms with van der Waals surface area (Å²) in [5.41, 5.74) is 1.63. The fourth-order valence-corrected chi connectivity index (χ4v) is 2.33. The van der Waals surface area contributed by atoms with Crippen LogP contribution in [0, 0.1) is 18.6 Å². The largest absolute Gasteiger partial charge is 0.340 e. The number of benzene rings is 2. The Morgan fingerprint density at radius 3 is 2.46 bits per heavy atom. The van der Waals surface area contributed by atoms with Crippen molar-refractivity contribution in [1.29, 1.82) is 0 Å². The summed E-state index contributed by atoms with van der Waals surface area (Å²) in [5.74, 6) is -0.815. The minimum Gasteiger partial charge on any atom is -0.340 e. The van der Waals surface area contributed by atoms with Gasteiger partial charge in [-0.1, -0.05) is 22.0 Å². The Balaban J connectivity index is 1.82. The van der Waals surface area contributed by atoms with Gasteiger partial charge < -0.3 is 10.6 Å². The van der Waals surface area contributed by atoms with E-state index in [9.17, 15) is 8.78 Å². The minimum atomic E-state index is -0.708. The zero-order chi connectivity index (χ0) is 17.1. The van der Waals surface area contributed by atoms with E-state index in [1.807, 2.05) is 25.1 Å². The van der Waals surface area contributed by atoms with E-state index in [2.05, 4.69) is 36.5 Å². The van der Waals surface area contributed by atoms with Crippen molar-refractivity contribution in [2.75, 3.05) is 10.6 Å². The zero-order valence-corrected chi connectivity index (χ0v) is 14.2. The number of hydrogen-bond acceptors (Lipinski definition) is 4. The Hall–Kier alpha value is -2.54. The molecule has 0 saturated carbocycles. The van der Waals surface area contributed by atoms with Gasteiger partial charge in [-0.3, -0.25) is 0 Å². The van der Waals surface area contributed by atoms with Crippen molar-refractivity contribution in [2.45, 2.75) is 6.92 Å². The number of rotatable bonds is 4. The van der Waals surface area contributed by atoms with Crippen LogP contribution in [0.4, 0.5) is 31.9 Å². The van der Waals surface area contributed by atoms with Crippen LogP contribution in [-0.4, -0.2) is 9.97 Å². The highest BCUT2D eigenvalue weighted by Crippen LogP contribution is 2.24. The van der Waals surface area contributed by atoms with Gasteiger partial charge in [0.25, 0.3) is 0 Å². The van der Waals surface area contributed by atoms with Crippen LogP contribution < -0.4 is 10.6 Å². The van der Waals surface area contributed by atoms with E-state index >= 15 is 0 Å². The summed E-state index contributed by atoms with van der Waals surface area (Å²) in [6.45, 7) is 1.98. The molecule has 0 fully saturated rings. The Labute approximate surface area is 146 Å².